The third-order valence-corrected chi connectivity index (χ3v) is 7.24. The molecule has 3 aromatic heterocycles. The van der Waals surface area contributed by atoms with E-state index in [0.29, 0.717) is 11.8 Å². The highest BCUT2D eigenvalue weighted by Gasteiger charge is 2.30. The smallest absolute Gasteiger partial charge is 0.153 e. The summed E-state index contributed by atoms with van der Waals surface area (Å²) in [5, 5.41) is 11.1. The van der Waals surface area contributed by atoms with Crippen LogP contribution >= 0.6 is 11.3 Å². The van der Waals surface area contributed by atoms with Crippen molar-refractivity contribution in [1.82, 2.24) is 25.1 Å². The number of H-pyrrole nitrogens is 1. The second-order valence-corrected chi connectivity index (χ2v) is 9.37. The molecule has 7 heteroatoms. The summed E-state index contributed by atoms with van der Waals surface area (Å²) < 4.78 is 0. The number of hydrogen-bond donors (Lipinski definition) is 1. The molecule has 0 spiro atoms. The summed E-state index contributed by atoms with van der Waals surface area (Å²) in [5.41, 5.74) is 3.73. The minimum Gasteiger partial charge on any atom is -0.356 e. The van der Waals surface area contributed by atoms with Gasteiger partial charge in [-0.05, 0) is 38.2 Å². The van der Waals surface area contributed by atoms with Crippen molar-refractivity contribution in [2.45, 2.75) is 44.4 Å². The molecule has 2 aliphatic rings. The Balaban J connectivity index is 1.27. The van der Waals surface area contributed by atoms with E-state index in [-0.39, 0.29) is 0 Å². The Morgan fingerprint density at radius 2 is 1.80 bits per heavy atom. The van der Waals surface area contributed by atoms with Crippen LogP contribution in [0.3, 0.4) is 0 Å². The summed E-state index contributed by atoms with van der Waals surface area (Å²) in [6.07, 6.45) is 6.31. The highest BCUT2D eigenvalue weighted by molar-refractivity contribution is 7.17. The van der Waals surface area contributed by atoms with Crippen LogP contribution in [0.4, 0.5) is 5.82 Å². The molecule has 0 unspecified atom stereocenters. The number of piperidine rings is 1. The van der Waals surface area contributed by atoms with Crippen LogP contribution in [0.1, 0.15) is 54.7 Å². The zero-order chi connectivity index (χ0) is 20.1. The maximum absolute atomic E-state index is 4.79. The number of aryl methyl sites for hydroxylation is 1. The fourth-order valence-corrected chi connectivity index (χ4v) is 5.31. The third-order valence-electron chi connectivity index (χ3n) is 6.36. The molecule has 1 aliphatic heterocycles. The molecule has 6 nitrogen and oxygen atoms in total. The fraction of sp³-hybridized carbons (Fsp3) is 0.391. The van der Waals surface area contributed by atoms with E-state index < -0.39 is 0 Å². The van der Waals surface area contributed by atoms with Crippen LogP contribution in [0.5, 0.6) is 0 Å². The van der Waals surface area contributed by atoms with Crippen LogP contribution in [0, 0.1) is 6.92 Å². The Morgan fingerprint density at radius 1 is 1.00 bits per heavy atom. The molecule has 2 fully saturated rings. The van der Waals surface area contributed by atoms with Crippen LogP contribution in [0.25, 0.3) is 21.3 Å². The maximum Gasteiger partial charge on any atom is 0.153 e. The molecule has 0 atom stereocenters. The van der Waals surface area contributed by atoms with E-state index in [1.54, 1.807) is 17.7 Å². The van der Waals surface area contributed by atoms with Gasteiger partial charge in [0.1, 0.15) is 22.8 Å². The normalized spacial score (nSPS) is 17.7. The Labute approximate surface area is 179 Å². The molecule has 0 radical (unpaired) electrons. The average molecular weight is 417 g/mol. The maximum atomic E-state index is 4.79. The van der Waals surface area contributed by atoms with E-state index >= 15 is 0 Å². The lowest BCUT2D eigenvalue weighted by atomic mass is 9.95. The van der Waals surface area contributed by atoms with Gasteiger partial charge in [0.25, 0.3) is 0 Å². The van der Waals surface area contributed by atoms with Gasteiger partial charge in [-0.3, -0.25) is 5.10 Å². The highest BCUT2D eigenvalue weighted by atomic mass is 32.1. The molecule has 4 heterocycles. The fourth-order valence-electron chi connectivity index (χ4n) is 4.40. The SMILES string of the molecule is Cc1ccc(-c2csc3ncnc(N4CCC(c5nc(C6CC6)n[nH]5)CC4)c23)cc1. The van der Waals surface area contributed by atoms with Crippen molar-refractivity contribution < 1.29 is 0 Å². The summed E-state index contributed by atoms with van der Waals surface area (Å²) in [4.78, 5) is 17.5. The van der Waals surface area contributed by atoms with E-state index in [1.165, 1.54) is 34.9 Å². The monoisotopic (exact) mass is 416 g/mol. The lowest BCUT2D eigenvalue weighted by Crippen LogP contribution is -2.34. The topological polar surface area (TPSA) is 70.6 Å². The van der Waals surface area contributed by atoms with Gasteiger partial charge in [0, 0.05) is 35.9 Å². The summed E-state index contributed by atoms with van der Waals surface area (Å²) in [6.45, 7) is 4.06. The van der Waals surface area contributed by atoms with E-state index in [4.69, 9.17) is 9.97 Å². The standard InChI is InChI=1S/C23H24N6S/c1-14-2-4-15(5-3-14)18-12-30-23-19(18)22(24-13-25-23)29-10-8-17(9-11-29)21-26-20(27-28-21)16-6-7-16/h2-5,12-13,16-17H,6-11H2,1H3,(H,26,27,28). The first-order chi connectivity index (χ1) is 14.8. The molecule has 4 aromatic rings. The third kappa shape index (κ3) is 3.17. The first-order valence-electron chi connectivity index (χ1n) is 10.7. The average Bonchev–Trinajstić information content (AvgIpc) is 3.35. The number of nitrogens with zero attached hydrogens (tertiary/aromatic N) is 5. The van der Waals surface area contributed by atoms with Crippen molar-refractivity contribution >= 4 is 27.4 Å². The van der Waals surface area contributed by atoms with E-state index in [0.717, 1.165) is 48.2 Å². The molecular formula is C23H24N6S. The zero-order valence-electron chi connectivity index (χ0n) is 17.0. The summed E-state index contributed by atoms with van der Waals surface area (Å²) in [6, 6.07) is 8.73. The Kier molecular flexibility index (Phi) is 4.30. The quantitative estimate of drug-likeness (QED) is 0.504. The second-order valence-electron chi connectivity index (χ2n) is 8.51. The number of anilines is 1. The highest BCUT2D eigenvalue weighted by Crippen LogP contribution is 2.41. The van der Waals surface area contributed by atoms with Gasteiger partial charge in [0.05, 0.1) is 5.39 Å². The molecule has 152 valence electrons. The van der Waals surface area contributed by atoms with Gasteiger partial charge < -0.3 is 4.90 Å². The van der Waals surface area contributed by atoms with Crippen molar-refractivity contribution in [3.05, 3.63) is 53.2 Å². The molecule has 1 N–H and O–H groups in total. The van der Waals surface area contributed by atoms with Gasteiger partial charge in [-0.1, -0.05) is 29.8 Å². The van der Waals surface area contributed by atoms with Crippen LogP contribution in [0.15, 0.2) is 36.0 Å². The van der Waals surface area contributed by atoms with Crippen LogP contribution < -0.4 is 4.90 Å². The molecule has 1 saturated heterocycles. The van der Waals surface area contributed by atoms with Crippen LogP contribution in [-0.4, -0.2) is 38.2 Å². The number of hydrogen-bond acceptors (Lipinski definition) is 6. The van der Waals surface area contributed by atoms with Gasteiger partial charge in [0.2, 0.25) is 0 Å². The minimum absolute atomic E-state index is 0.456. The number of fused-ring (bicyclic) bond motifs is 1. The van der Waals surface area contributed by atoms with Gasteiger partial charge in [-0.2, -0.15) is 5.10 Å². The first-order valence-corrected chi connectivity index (χ1v) is 11.6. The van der Waals surface area contributed by atoms with Crippen molar-refractivity contribution in [2.75, 3.05) is 18.0 Å². The van der Waals surface area contributed by atoms with Crippen LogP contribution in [0.2, 0.25) is 0 Å². The molecule has 0 amide bonds. The molecular weight excluding hydrogens is 392 g/mol. The Hall–Kier alpha value is -2.80. The molecule has 6 rings (SSSR count). The zero-order valence-corrected chi connectivity index (χ0v) is 17.8. The summed E-state index contributed by atoms with van der Waals surface area (Å²) >= 11 is 1.70. The first kappa shape index (κ1) is 18.0. The predicted molar refractivity (Wildman–Crippen MR) is 120 cm³/mol. The number of benzene rings is 1. The Morgan fingerprint density at radius 3 is 2.57 bits per heavy atom. The van der Waals surface area contributed by atoms with Crippen molar-refractivity contribution in [2.24, 2.45) is 0 Å². The van der Waals surface area contributed by atoms with E-state index in [9.17, 15) is 0 Å². The number of aromatic amines is 1. The van der Waals surface area contributed by atoms with Crippen LogP contribution in [-0.2, 0) is 0 Å². The van der Waals surface area contributed by atoms with Gasteiger partial charge in [-0.25, -0.2) is 15.0 Å². The van der Waals surface area contributed by atoms with Crippen molar-refractivity contribution in [1.29, 1.82) is 0 Å². The van der Waals surface area contributed by atoms with Crippen molar-refractivity contribution in [3.63, 3.8) is 0 Å². The van der Waals surface area contributed by atoms with Crippen molar-refractivity contribution in [3.8, 4) is 11.1 Å². The molecule has 1 saturated carbocycles. The molecule has 0 bridgehead atoms. The summed E-state index contributed by atoms with van der Waals surface area (Å²) in [7, 11) is 0. The van der Waals surface area contributed by atoms with Gasteiger partial charge >= 0.3 is 0 Å². The van der Waals surface area contributed by atoms with Gasteiger partial charge in [-0.15, -0.1) is 11.3 Å². The van der Waals surface area contributed by atoms with E-state index in [2.05, 4.69) is 56.7 Å². The second kappa shape index (κ2) is 7.16. The minimum atomic E-state index is 0.456. The van der Waals surface area contributed by atoms with Gasteiger partial charge in [0.15, 0.2) is 5.82 Å². The Bertz CT molecular complexity index is 1180. The lowest BCUT2D eigenvalue weighted by Gasteiger charge is -2.32. The van der Waals surface area contributed by atoms with E-state index in [1.807, 2.05) is 0 Å². The number of aromatic nitrogens is 5. The number of nitrogens with one attached hydrogen (secondary N) is 1. The largest absolute Gasteiger partial charge is 0.356 e. The summed E-state index contributed by atoms with van der Waals surface area (Å²) in [5.74, 6) is 4.21. The molecule has 1 aromatic carbocycles. The predicted octanol–water partition coefficient (Wildman–Crippen LogP) is 5.05. The lowest BCUT2D eigenvalue weighted by molar-refractivity contribution is 0.485. The molecule has 30 heavy (non-hydrogen) atoms. The number of rotatable bonds is 4. The number of thiophene rings is 1. The molecule has 1 aliphatic carbocycles.